The van der Waals surface area contributed by atoms with Crippen LogP contribution in [0.25, 0.3) is 0 Å². The van der Waals surface area contributed by atoms with Gasteiger partial charge in [-0.15, -0.1) is 0 Å². The van der Waals surface area contributed by atoms with Gasteiger partial charge in [-0.25, -0.2) is 14.0 Å². The molecule has 0 bridgehead atoms. The number of halogens is 2. The number of aliphatic hydroxyl groups is 1. The van der Waals surface area contributed by atoms with E-state index in [1.54, 1.807) is 29.0 Å². The second-order valence-electron chi connectivity index (χ2n) is 8.30. The Kier molecular flexibility index (Phi) is 6.68. The monoisotopic (exact) mass is 470 g/mol. The highest BCUT2D eigenvalue weighted by Gasteiger charge is 2.45. The van der Waals surface area contributed by atoms with Crippen molar-refractivity contribution < 1.29 is 19.1 Å². The van der Waals surface area contributed by atoms with Gasteiger partial charge in [0.2, 0.25) is 0 Å². The summed E-state index contributed by atoms with van der Waals surface area (Å²) in [6.45, 7) is 2.79. The minimum absolute atomic E-state index is 0.0682. The topological polar surface area (TPSA) is 84.9 Å². The molecule has 1 heterocycles. The van der Waals surface area contributed by atoms with E-state index in [1.807, 2.05) is 6.92 Å². The maximum Gasteiger partial charge on any atom is 0.318 e. The SMILES string of the molecule is CNC(=O)N1C[C@H](N(C(=O)NCc2ccc(Br)cc2F)C2CC2)C[C@](C)(CO)C1. The zero-order valence-corrected chi connectivity index (χ0v) is 18.3. The Morgan fingerprint density at radius 2 is 2.10 bits per heavy atom. The van der Waals surface area contributed by atoms with Gasteiger partial charge in [-0.3, -0.25) is 0 Å². The molecule has 1 aromatic carbocycles. The first kappa shape index (κ1) is 21.8. The van der Waals surface area contributed by atoms with Crippen molar-refractivity contribution in [1.29, 1.82) is 0 Å². The second kappa shape index (κ2) is 8.87. The third kappa shape index (κ3) is 5.19. The lowest BCUT2D eigenvalue weighted by molar-refractivity contribution is 0.0161. The van der Waals surface area contributed by atoms with Gasteiger partial charge in [-0.2, -0.15) is 0 Å². The summed E-state index contributed by atoms with van der Waals surface area (Å²) in [7, 11) is 1.57. The number of hydrogen-bond acceptors (Lipinski definition) is 3. The van der Waals surface area contributed by atoms with Gasteiger partial charge in [0, 0.05) is 48.2 Å². The van der Waals surface area contributed by atoms with Crippen LogP contribution >= 0.6 is 15.9 Å². The maximum atomic E-state index is 14.1. The summed E-state index contributed by atoms with van der Waals surface area (Å²) in [6.07, 6.45) is 2.42. The van der Waals surface area contributed by atoms with Crippen LogP contribution in [0.2, 0.25) is 0 Å². The van der Waals surface area contributed by atoms with Crippen LogP contribution in [-0.4, -0.2) is 65.8 Å². The zero-order valence-electron chi connectivity index (χ0n) is 16.8. The molecule has 1 saturated carbocycles. The lowest BCUT2D eigenvalue weighted by Crippen LogP contribution is -2.60. The van der Waals surface area contributed by atoms with Crippen LogP contribution < -0.4 is 10.6 Å². The van der Waals surface area contributed by atoms with E-state index in [2.05, 4.69) is 26.6 Å². The molecule has 2 fully saturated rings. The maximum absolute atomic E-state index is 14.1. The van der Waals surface area contributed by atoms with Crippen LogP contribution in [-0.2, 0) is 6.54 Å². The van der Waals surface area contributed by atoms with Crippen molar-refractivity contribution in [3.05, 3.63) is 34.1 Å². The van der Waals surface area contributed by atoms with E-state index in [0.29, 0.717) is 29.5 Å². The molecule has 0 aromatic heterocycles. The van der Waals surface area contributed by atoms with E-state index < -0.39 is 5.41 Å². The summed E-state index contributed by atoms with van der Waals surface area (Å²) >= 11 is 3.23. The van der Waals surface area contributed by atoms with Crippen LogP contribution in [0.1, 0.15) is 31.7 Å². The number of urea groups is 2. The lowest BCUT2D eigenvalue weighted by Gasteiger charge is -2.47. The first-order valence-corrected chi connectivity index (χ1v) is 10.6. The van der Waals surface area contributed by atoms with Crippen LogP contribution in [0.15, 0.2) is 22.7 Å². The van der Waals surface area contributed by atoms with Gasteiger partial charge in [0.15, 0.2) is 0 Å². The van der Waals surface area contributed by atoms with Crippen molar-refractivity contribution in [3.63, 3.8) is 0 Å². The predicted molar refractivity (Wildman–Crippen MR) is 111 cm³/mol. The van der Waals surface area contributed by atoms with Gasteiger partial charge >= 0.3 is 12.1 Å². The molecular weight excluding hydrogens is 443 g/mol. The Balaban J connectivity index is 1.73. The number of nitrogens with one attached hydrogen (secondary N) is 2. The van der Waals surface area contributed by atoms with E-state index in [-0.39, 0.29) is 43.1 Å². The molecule has 0 radical (unpaired) electrons. The van der Waals surface area contributed by atoms with E-state index in [0.717, 1.165) is 12.8 Å². The van der Waals surface area contributed by atoms with Crippen LogP contribution in [0.4, 0.5) is 14.0 Å². The van der Waals surface area contributed by atoms with Gasteiger partial charge in [0.25, 0.3) is 0 Å². The van der Waals surface area contributed by atoms with Crippen LogP contribution in [0, 0.1) is 11.2 Å². The fraction of sp³-hybridized carbons (Fsp3) is 0.600. The molecule has 2 atom stereocenters. The number of piperidine rings is 1. The molecule has 9 heteroatoms. The number of amides is 4. The third-order valence-corrected chi connectivity index (χ3v) is 6.12. The Bertz CT molecular complexity index is 776. The van der Waals surface area contributed by atoms with Crippen molar-refractivity contribution >= 4 is 28.0 Å². The predicted octanol–water partition coefficient (Wildman–Crippen LogP) is 2.67. The molecule has 1 aliphatic heterocycles. The summed E-state index contributed by atoms with van der Waals surface area (Å²) in [5, 5.41) is 15.4. The van der Waals surface area contributed by atoms with E-state index in [4.69, 9.17) is 0 Å². The summed E-state index contributed by atoms with van der Waals surface area (Å²) in [6, 6.07) is 4.16. The highest BCUT2D eigenvalue weighted by Crippen LogP contribution is 2.37. The van der Waals surface area contributed by atoms with Crippen molar-refractivity contribution in [2.24, 2.45) is 5.41 Å². The van der Waals surface area contributed by atoms with E-state index in [1.165, 1.54) is 6.07 Å². The molecule has 3 rings (SSSR count). The van der Waals surface area contributed by atoms with Gasteiger partial charge in [0.1, 0.15) is 5.82 Å². The number of carbonyl (C=O) groups is 2. The van der Waals surface area contributed by atoms with Crippen molar-refractivity contribution in [1.82, 2.24) is 20.4 Å². The molecule has 0 spiro atoms. The Hall–Kier alpha value is -1.87. The van der Waals surface area contributed by atoms with Crippen molar-refractivity contribution in [2.75, 3.05) is 26.7 Å². The van der Waals surface area contributed by atoms with E-state index >= 15 is 0 Å². The Morgan fingerprint density at radius 1 is 1.38 bits per heavy atom. The molecular formula is C20H28BrFN4O3. The van der Waals surface area contributed by atoms with Gasteiger partial charge in [0.05, 0.1) is 12.6 Å². The van der Waals surface area contributed by atoms with Gasteiger partial charge in [-0.1, -0.05) is 28.9 Å². The molecule has 160 valence electrons. The average Bonchev–Trinajstić information content (AvgIpc) is 3.51. The molecule has 29 heavy (non-hydrogen) atoms. The number of nitrogens with zero attached hydrogens (tertiary/aromatic N) is 2. The number of aliphatic hydroxyl groups excluding tert-OH is 1. The fourth-order valence-corrected chi connectivity index (χ4v) is 4.33. The highest BCUT2D eigenvalue weighted by molar-refractivity contribution is 9.10. The molecule has 1 aliphatic carbocycles. The van der Waals surface area contributed by atoms with Crippen LogP contribution in [0.5, 0.6) is 0 Å². The molecule has 7 nitrogen and oxygen atoms in total. The third-order valence-electron chi connectivity index (χ3n) is 5.63. The molecule has 3 N–H and O–H groups in total. The summed E-state index contributed by atoms with van der Waals surface area (Å²) < 4.78 is 14.7. The Morgan fingerprint density at radius 3 is 2.69 bits per heavy atom. The largest absolute Gasteiger partial charge is 0.396 e. The van der Waals surface area contributed by atoms with Gasteiger partial charge < -0.3 is 25.5 Å². The van der Waals surface area contributed by atoms with Crippen LogP contribution in [0.3, 0.4) is 0 Å². The summed E-state index contributed by atoms with van der Waals surface area (Å²) in [5.74, 6) is -0.381. The number of hydrogen-bond donors (Lipinski definition) is 3. The van der Waals surface area contributed by atoms with Gasteiger partial charge in [-0.05, 0) is 31.4 Å². The number of benzene rings is 1. The molecule has 1 aromatic rings. The highest BCUT2D eigenvalue weighted by atomic mass is 79.9. The molecule has 0 unspecified atom stereocenters. The quantitative estimate of drug-likeness (QED) is 0.618. The number of rotatable bonds is 5. The van der Waals surface area contributed by atoms with Crippen molar-refractivity contribution in [3.8, 4) is 0 Å². The lowest BCUT2D eigenvalue weighted by atomic mass is 9.80. The Labute approximate surface area is 178 Å². The summed E-state index contributed by atoms with van der Waals surface area (Å²) in [4.78, 5) is 28.7. The normalized spacial score (nSPS) is 24.2. The smallest absolute Gasteiger partial charge is 0.318 e. The van der Waals surface area contributed by atoms with E-state index in [9.17, 15) is 19.1 Å². The molecule has 4 amide bonds. The number of likely N-dealkylation sites (tertiary alicyclic amines) is 1. The first-order valence-electron chi connectivity index (χ1n) is 9.84. The second-order valence-corrected chi connectivity index (χ2v) is 9.21. The number of carbonyl (C=O) groups excluding carboxylic acids is 2. The molecule has 1 saturated heterocycles. The standard InChI is InChI=1S/C20H28BrFN4O3/c1-20(12-27)8-16(10-25(11-20)18(28)23-2)26(15-5-6-15)19(29)24-9-13-3-4-14(21)7-17(13)22/h3-4,7,15-16,27H,5-6,8-12H2,1-2H3,(H,23,28)(H,24,29)/t16-,20+/m1/s1. The minimum atomic E-state index is -0.485. The summed E-state index contributed by atoms with van der Waals surface area (Å²) in [5.41, 5.74) is -0.0752. The first-order chi connectivity index (χ1) is 13.8. The minimum Gasteiger partial charge on any atom is -0.396 e. The van der Waals surface area contributed by atoms with Crippen molar-refractivity contribution in [2.45, 2.75) is 44.8 Å². The average molecular weight is 471 g/mol. The molecule has 2 aliphatic rings. The fourth-order valence-electron chi connectivity index (χ4n) is 4.00. The zero-order chi connectivity index (χ0) is 21.2.